The molecule has 0 amide bonds. The molecule has 6 nitrogen and oxygen atoms in total. The number of unbranched alkanes of at least 4 members (excludes halogenated alkanes) is 8. The lowest BCUT2D eigenvalue weighted by Gasteiger charge is -2.40. The number of aliphatic hydroxyl groups excluding tert-OH is 3. The maximum absolute atomic E-state index is 10.3. The van der Waals surface area contributed by atoms with Crippen LogP contribution in [-0.2, 0) is 4.74 Å². The first-order valence-electron chi connectivity index (χ1n) is 11.1. The highest BCUT2D eigenvalue weighted by molar-refractivity contribution is 4.83. The van der Waals surface area contributed by atoms with Crippen LogP contribution in [0.1, 0.15) is 91.4 Å². The van der Waals surface area contributed by atoms with Crippen molar-refractivity contribution in [3.63, 3.8) is 0 Å². The van der Waals surface area contributed by atoms with Gasteiger partial charge in [-0.15, -0.1) is 0 Å². The Hall–Kier alpha value is -0.240. The summed E-state index contributed by atoms with van der Waals surface area (Å²) in [6.45, 7) is 6.50. The van der Waals surface area contributed by atoms with Gasteiger partial charge < -0.3 is 20.1 Å². The molecule has 0 rings (SSSR count). The molecular formula is C21H46N2O4. The Morgan fingerprint density at radius 3 is 1.70 bits per heavy atom. The highest BCUT2D eigenvalue weighted by Gasteiger charge is 2.37. The lowest BCUT2D eigenvalue weighted by Crippen LogP contribution is -2.67. The van der Waals surface area contributed by atoms with Crippen molar-refractivity contribution >= 4 is 0 Å². The molecule has 0 aliphatic carbocycles. The Labute approximate surface area is 167 Å². The van der Waals surface area contributed by atoms with Gasteiger partial charge in [-0.1, -0.05) is 71.6 Å². The van der Waals surface area contributed by atoms with Gasteiger partial charge in [-0.2, -0.15) is 0 Å². The van der Waals surface area contributed by atoms with Crippen molar-refractivity contribution in [2.45, 2.75) is 109 Å². The fourth-order valence-corrected chi connectivity index (χ4v) is 3.31. The van der Waals surface area contributed by atoms with Crippen molar-refractivity contribution < 1.29 is 20.1 Å². The normalized spacial score (nSPS) is 14.4. The molecule has 0 aliphatic heterocycles. The monoisotopic (exact) mass is 390 g/mol. The number of hydrogen-bond donors (Lipinski definition) is 5. The van der Waals surface area contributed by atoms with Gasteiger partial charge in [0.05, 0.1) is 19.3 Å². The summed E-state index contributed by atoms with van der Waals surface area (Å²) in [7, 11) is 0. The third-order valence-corrected chi connectivity index (χ3v) is 5.02. The highest BCUT2D eigenvalue weighted by Crippen LogP contribution is 2.19. The van der Waals surface area contributed by atoms with Crippen LogP contribution in [0.3, 0.4) is 0 Å². The van der Waals surface area contributed by atoms with E-state index in [1.807, 2.05) is 0 Å². The van der Waals surface area contributed by atoms with Gasteiger partial charge in [0.25, 0.3) is 0 Å². The van der Waals surface area contributed by atoms with E-state index < -0.39 is 12.0 Å². The zero-order chi connectivity index (χ0) is 20.4. The smallest absolute Gasteiger partial charge is 0.201 e. The van der Waals surface area contributed by atoms with Crippen LogP contribution < -0.4 is 10.6 Å². The predicted molar refractivity (Wildman–Crippen MR) is 112 cm³/mol. The number of nitrogens with one attached hydrogen (secondary N) is 2. The maximum Gasteiger partial charge on any atom is 0.201 e. The van der Waals surface area contributed by atoms with Crippen LogP contribution in [0.25, 0.3) is 0 Å². The van der Waals surface area contributed by atoms with Gasteiger partial charge in [-0.05, 0) is 19.8 Å². The standard InChI is InChI=1S/C21H46N2O4/c1-4-6-7-8-9-10-11-12-13-14-20(5-2)27-21(19(3)26,22-15-17-24)23-16-18-25/h19-20,22-26H,4-18H2,1-3H3. The molecule has 0 saturated heterocycles. The summed E-state index contributed by atoms with van der Waals surface area (Å²) in [6.07, 6.45) is 12.6. The molecule has 0 radical (unpaired) electrons. The predicted octanol–water partition coefficient (Wildman–Crippen LogP) is 2.90. The minimum Gasteiger partial charge on any atom is -0.395 e. The van der Waals surface area contributed by atoms with E-state index in [1.54, 1.807) is 6.92 Å². The molecule has 0 saturated carbocycles. The molecule has 0 aromatic heterocycles. The van der Waals surface area contributed by atoms with Crippen LogP contribution in [0.15, 0.2) is 0 Å². The van der Waals surface area contributed by atoms with Crippen LogP contribution in [0.4, 0.5) is 0 Å². The van der Waals surface area contributed by atoms with E-state index in [9.17, 15) is 5.11 Å². The van der Waals surface area contributed by atoms with E-state index in [0.717, 1.165) is 19.3 Å². The van der Waals surface area contributed by atoms with Gasteiger partial charge in [0.1, 0.15) is 6.10 Å². The minimum absolute atomic E-state index is 0.0153. The fourth-order valence-electron chi connectivity index (χ4n) is 3.31. The average Bonchev–Trinajstić information content (AvgIpc) is 2.67. The van der Waals surface area contributed by atoms with Crippen molar-refractivity contribution in [3.8, 4) is 0 Å². The second-order valence-corrected chi connectivity index (χ2v) is 7.48. The van der Waals surface area contributed by atoms with Crippen LogP contribution in [0.5, 0.6) is 0 Å². The molecule has 5 N–H and O–H groups in total. The third-order valence-electron chi connectivity index (χ3n) is 5.02. The number of rotatable bonds is 20. The lowest BCUT2D eigenvalue weighted by molar-refractivity contribution is -0.192. The summed E-state index contributed by atoms with van der Waals surface area (Å²) in [6, 6.07) is 0. The first-order chi connectivity index (χ1) is 13.1. The Balaban J connectivity index is 4.31. The van der Waals surface area contributed by atoms with Crippen LogP contribution in [-0.4, -0.2) is 59.7 Å². The molecule has 0 spiro atoms. The summed E-state index contributed by atoms with van der Waals surface area (Å²) >= 11 is 0. The molecule has 0 bridgehead atoms. The molecule has 0 aliphatic rings. The zero-order valence-electron chi connectivity index (χ0n) is 18.0. The van der Waals surface area contributed by atoms with Gasteiger partial charge >= 0.3 is 0 Å². The second-order valence-electron chi connectivity index (χ2n) is 7.48. The van der Waals surface area contributed by atoms with Gasteiger partial charge in [0, 0.05) is 13.1 Å². The molecule has 164 valence electrons. The maximum atomic E-state index is 10.3. The summed E-state index contributed by atoms with van der Waals surface area (Å²) in [5.74, 6) is -1.15. The summed E-state index contributed by atoms with van der Waals surface area (Å²) in [4.78, 5) is 0. The second kappa shape index (κ2) is 17.8. The van der Waals surface area contributed by atoms with Crippen molar-refractivity contribution in [2.24, 2.45) is 0 Å². The van der Waals surface area contributed by atoms with Gasteiger partial charge in [0.2, 0.25) is 5.85 Å². The van der Waals surface area contributed by atoms with E-state index in [4.69, 9.17) is 14.9 Å². The van der Waals surface area contributed by atoms with Crippen LogP contribution in [0.2, 0.25) is 0 Å². The number of hydrogen-bond acceptors (Lipinski definition) is 6. The van der Waals surface area contributed by atoms with Crippen molar-refractivity contribution in [2.75, 3.05) is 26.3 Å². The molecule has 0 aromatic rings. The van der Waals surface area contributed by atoms with E-state index >= 15 is 0 Å². The van der Waals surface area contributed by atoms with Crippen molar-refractivity contribution in [1.29, 1.82) is 0 Å². The SMILES string of the molecule is CCCCCCCCCCCC(CC)OC(NCCO)(NCCO)C(C)O. The summed E-state index contributed by atoms with van der Waals surface area (Å²) in [5, 5.41) is 34.7. The van der Waals surface area contributed by atoms with E-state index in [-0.39, 0.29) is 19.3 Å². The molecule has 6 heteroatoms. The Kier molecular flexibility index (Phi) is 17.7. The molecular weight excluding hydrogens is 344 g/mol. The van der Waals surface area contributed by atoms with Crippen LogP contribution in [0, 0.1) is 0 Å². The fraction of sp³-hybridized carbons (Fsp3) is 1.00. The third kappa shape index (κ3) is 12.8. The van der Waals surface area contributed by atoms with Crippen molar-refractivity contribution in [3.05, 3.63) is 0 Å². The van der Waals surface area contributed by atoms with E-state index in [0.29, 0.717) is 13.1 Å². The van der Waals surface area contributed by atoms with Crippen LogP contribution >= 0.6 is 0 Å². The number of aliphatic hydroxyl groups is 3. The largest absolute Gasteiger partial charge is 0.395 e. The molecule has 2 atom stereocenters. The molecule has 27 heavy (non-hydrogen) atoms. The Morgan fingerprint density at radius 1 is 0.815 bits per heavy atom. The topological polar surface area (TPSA) is 94.0 Å². The minimum atomic E-state index is -1.15. The van der Waals surface area contributed by atoms with E-state index in [1.165, 1.54) is 51.4 Å². The van der Waals surface area contributed by atoms with E-state index in [2.05, 4.69) is 24.5 Å². The lowest BCUT2D eigenvalue weighted by atomic mass is 10.0. The van der Waals surface area contributed by atoms with Gasteiger partial charge in [-0.3, -0.25) is 10.6 Å². The first-order valence-corrected chi connectivity index (χ1v) is 11.1. The summed E-state index contributed by atoms with van der Waals surface area (Å²) < 4.78 is 6.23. The number of ether oxygens (including phenoxy) is 1. The van der Waals surface area contributed by atoms with Crippen molar-refractivity contribution in [1.82, 2.24) is 10.6 Å². The quantitative estimate of drug-likeness (QED) is 0.162. The Bertz CT molecular complexity index is 309. The first kappa shape index (κ1) is 26.8. The van der Waals surface area contributed by atoms with Gasteiger partial charge in [-0.25, -0.2) is 0 Å². The molecule has 0 fully saturated rings. The average molecular weight is 391 g/mol. The molecule has 0 heterocycles. The highest BCUT2D eigenvalue weighted by atomic mass is 16.6. The van der Waals surface area contributed by atoms with Gasteiger partial charge in [0.15, 0.2) is 0 Å². The Morgan fingerprint density at radius 2 is 1.30 bits per heavy atom. The molecule has 0 aromatic carbocycles. The zero-order valence-corrected chi connectivity index (χ0v) is 18.0. The molecule has 2 unspecified atom stereocenters. The summed E-state index contributed by atoms with van der Waals surface area (Å²) in [5.41, 5.74) is 0.